The fraction of sp³-hybridized carbons (Fsp3) is 0.333. The van der Waals surface area contributed by atoms with E-state index in [-0.39, 0.29) is 16.3 Å². The Morgan fingerprint density at radius 1 is 1.50 bits per heavy atom. The summed E-state index contributed by atoms with van der Waals surface area (Å²) in [4.78, 5) is 10.1. The molecular formula is C9H9N3O5S. The first kappa shape index (κ1) is 12.3. The first-order valence-electron chi connectivity index (χ1n) is 4.87. The number of sulfonamides is 1. The minimum Gasteiger partial charge on any atom is -0.494 e. The van der Waals surface area contributed by atoms with Crippen molar-refractivity contribution in [2.45, 2.75) is 5.03 Å². The summed E-state index contributed by atoms with van der Waals surface area (Å²) in [5, 5.41) is 3.56. The number of carbonyl (C=O) groups excluding carboxylic acids is 1. The molecule has 1 aromatic heterocycles. The largest absolute Gasteiger partial charge is 0.494 e. The molecule has 0 fully saturated rings. The van der Waals surface area contributed by atoms with Crippen LogP contribution in [-0.4, -0.2) is 37.5 Å². The molecule has 1 aliphatic rings. The maximum Gasteiger partial charge on any atom is 0.310 e. The van der Waals surface area contributed by atoms with Crippen molar-refractivity contribution in [2.75, 3.05) is 13.2 Å². The normalized spacial score (nSPS) is 15.1. The highest BCUT2D eigenvalue weighted by molar-refractivity contribution is 7.90. The van der Waals surface area contributed by atoms with E-state index in [9.17, 15) is 13.2 Å². The van der Waals surface area contributed by atoms with Crippen molar-refractivity contribution in [2.24, 2.45) is 11.4 Å². The Kier molecular flexibility index (Phi) is 3.17. The molecule has 0 atom stereocenters. The van der Waals surface area contributed by atoms with E-state index in [0.717, 1.165) is 10.8 Å². The number of hydrogen-bond acceptors (Lipinski definition) is 6. The number of rotatable bonds is 3. The van der Waals surface area contributed by atoms with Gasteiger partial charge in [0.15, 0.2) is 10.8 Å². The quantitative estimate of drug-likeness (QED) is 0.557. The SMILES string of the molecule is Cn1ncc(C2=COCCO2)c1S(=O)(=O)N=C=O. The number of aromatic nitrogens is 2. The summed E-state index contributed by atoms with van der Waals surface area (Å²) < 4.78 is 37.7. The average Bonchev–Trinajstić information content (AvgIpc) is 2.73. The maximum absolute atomic E-state index is 11.8. The van der Waals surface area contributed by atoms with Gasteiger partial charge in [0, 0.05) is 7.05 Å². The zero-order chi connectivity index (χ0) is 13.2. The lowest BCUT2D eigenvalue weighted by Gasteiger charge is -2.15. The molecule has 8 nitrogen and oxygen atoms in total. The first-order chi connectivity index (χ1) is 8.56. The Balaban J connectivity index is 2.58. The van der Waals surface area contributed by atoms with E-state index in [1.807, 2.05) is 0 Å². The second kappa shape index (κ2) is 4.63. The maximum atomic E-state index is 11.8. The van der Waals surface area contributed by atoms with Gasteiger partial charge in [0.2, 0.25) is 0 Å². The molecule has 0 saturated carbocycles. The van der Waals surface area contributed by atoms with Crippen LogP contribution in [0.5, 0.6) is 0 Å². The van der Waals surface area contributed by atoms with Crippen molar-refractivity contribution in [3.05, 3.63) is 18.0 Å². The molecule has 0 aliphatic carbocycles. The van der Waals surface area contributed by atoms with Crippen LogP contribution in [0.15, 0.2) is 21.9 Å². The van der Waals surface area contributed by atoms with E-state index >= 15 is 0 Å². The van der Waals surface area contributed by atoms with Gasteiger partial charge in [0.1, 0.15) is 19.5 Å². The lowest BCUT2D eigenvalue weighted by atomic mass is 10.3. The van der Waals surface area contributed by atoms with Crippen LogP contribution in [-0.2, 0) is 31.3 Å². The number of aryl methyl sites for hydroxylation is 1. The second-order valence-electron chi connectivity index (χ2n) is 3.35. The highest BCUT2D eigenvalue weighted by atomic mass is 32.2. The minimum absolute atomic E-state index is 0.191. The molecule has 0 amide bonds. The van der Waals surface area contributed by atoms with Gasteiger partial charge in [-0.3, -0.25) is 4.68 Å². The zero-order valence-electron chi connectivity index (χ0n) is 9.36. The van der Waals surface area contributed by atoms with Gasteiger partial charge in [-0.2, -0.15) is 13.5 Å². The van der Waals surface area contributed by atoms with Crippen molar-refractivity contribution in [3.63, 3.8) is 0 Å². The second-order valence-corrected chi connectivity index (χ2v) is 4.87. The van der Waals surface area contributed by atoms with Crippen LogP contribution >= 0.6 is 0 Å². The fourth-order valence-electron chi connectivity index (χ4n) is 1.50. The Labute approximate surface area is 103 Å². The van der Waals surface area contributed by atoms with Gasteiger partial charge in [-0.1, -0.05) is 4.40 Å². The van der Waals surface area contributed by atoms with Gasteiger partial charge >= 0.3 is 10.0 Å². The molecule has 0 aromatic carbocycles. The Bertz CT molecular complexity index is 639. The number of nitrogens with zero attached hydrogens (tertiary/aromatic N) is 3. The molecule has 0 spiro atoms. The van der Waals surface area contributed by atoms with Gasteiger partial charge in [0.05, 0.1) is 11.8 Å². The highest BCUT2D eigenvalue weighted by Gasteiger charge is 2.27. The molecule has 0 saturated heterocycles. The topological polar surface area (TPSA) is 99.8 Å². The average molecular weight is 271 g/mol. The first-order valence-corrected chi connectivity index (χ1v) is 6.31. The standard InChI is InChI=1S/C9H9N3O5S/c1-12-9(18(14,15)11-6-13)7(4-10-12)8-5-16-2-3-17-8/h4-5H,2-3H2,1H3. The molecular weight excluding hydrogens is 262 g/mol. The van der Waals surface area contributed by atoms with E-state index in [2.05, 4.69) is 9.50 Å². The van der Waals surface area contributed by atoms with Crippen LogP contribution in [0, 0.1) is 0 Å². The van der Waals surface area contributed by atoms with Crippen molar-refractivity contribution < 1.29 is 22.7 Å². The van der Waals surface area contributed by atoms with E-state index in [0.29, 0.717) is 13.2 Å². The number of isocyanates is 1. The molecule has 96 valence electrons. The summed E-state index contributed by atoms with van der Waals surface area (Å²) in [6, 6.07) is 0. The molecule has 0 radical (unpaired) electrons. The summed E-state index contributed by atoms with van der Waals surface area (Å²) in [5.41, 5.74) is 0.191. The summed E-state index contributed by atoms with van der Waals surface area (Å²) in [6.45, 7) is 0.690. The summed E-state index contributed by atoms with van der Waals surface area (Å²) in [5.74, 6) is 0.231. The van der Waals surface area contributed by atoms with Gasteiger partial charge in [-0.15, -0.1) is 0 Å². The minimum atomic E-state index is -4.15. The predicted octanol–water partition coefficient (Wildman–Crippen LogP) is -0.210. The summed E-state index contributed by atoms with van der Waals surface area (Å²) in [7, 11) is -2.73. The van der Waals surface area contributed by atoms with Crippen molar-refractivity contribution in [3.8, 4) is 0 Å². The van der Waals surface area contributed by atoms with Crippen molar-refractivity contribution in [1.82, 2.24) is 9.78 Å². The lowest BCUT2D eigenvalue weighted by Crippen LogP contribution is -2.11. The number of hydrogen-bond donors (Lipinski definition) is 0. The molecule has 0 bridgehead atoms. The highest BCUT2D eigenvalue weighted by Crippen LogP contribution is 2.26. The van der Waals surface area contributed by atoms with Gasteiger partial charge in [-0.25, -0.2) is 4.79 Å². The fourth-order valence-corrected chi connectivity index (χ4v) is 2.50. The third-order valence-electron chi connectivity index (χ3n) is 2.20. The molecule has 0 N–H and O–H groups in total. The van der Waals surface area contributed by atoms with E-state index in [1.54, 1.807) is 0 Å². The van der Waals surface area contributed by atoms with Crippen LogP contribution in [0.1, 0.15) is 5.56 Å². The molecule has 9 heteroatoms. The third-order valence-corrected chi connectivity index (χ3v) is 3.49. The molecule has 2 rings (SSSR count). The zero-order valence-corrected chi connectivity index (χ0v) is 10.2. The van der Waals surface area contributed by atoms with Crippen molar-refractivity contribution in [1.29, 1.82) is 0 Å². The lowest BCUT2D eigenvalue weighted by molar-refractivity contribution is 0.125. The van der Waals surface area contributed by atoms with E-state index < -0.39 is 10.0 Å². The van der Waals surface area contributed by atoms with Crippen LogP contribution in [0.3, 0.4) is 0 Å². The molecule has 1 aliphatic heterocycles. The Morgan fingerprint density at radius 2 is 2.28 bits per heavy atom. The van der Waals surface area contributed by atoms with Gasteiger partial charge in [-0.05, 0) is 0 Å². The predicted molar refractivity (Wildman–Crippen MR) is 58.4 cm³/mol. The number of ether oxygens (including phenoxy) is 2. The Morgan fingerprint density at radius 3 is 2.89 bits per heavy atom. The Hall–Kier alpha value is -2.12. The summed E-state index contributed by atoms with van der Waals surface area (Å²) >= 11 is 0. The van der Waals surface area contributed by atoms with E-state index in [4.69, 9.17) is 9.47 Å². The van der Waals surface area contributed by atoms with Crippen molar-refractivity contribution >= 4 is 21.9 Å². The smallest absolute Gasteiger partial charge is 0.310 e. The van der Waals surface area contributed by atoms with E-state index in [1.165, 1.54) is 19.5 Å². The monoisotopic (exact) mass is 271 g/mol. The molecule has 18 heavy (non-hydrogen) atoms. The summed E-state index contributed by atoms with van der Waals surface area (Å²) in [6.07, 6.45) is 3.60. The van der Waals surface area contributed by atoms with Crippen LogP contribution < -0.4 is 0 Å². The third kappa shape index (κ3) is 2.13. The van der Waals surface area contributed by atoms with Crippen LogP contribution in [0.4, 0.5) is 0 Å². The molecule has 1 aromatic rings. The van der Waals surface area contributed by atoms with Crippen LogP contribution in [0.2, 0.25) is 0 Å². The molecule has 2 heterocycles. The van der Waals surface area contributed by atoms with Gasteiger partial charge in [0.25, 0.3) is 6.08 Å². The van der Waals surface area contributed by atoms with Gasteiger partial charge < -0.3 is 9.47 Å². The molecule has 0 unspecified atom stereocenters. The van der Waals surface area contributed by atoms with Crippen LogP contribution in [0.25, 0.3) is 5.76 Å².